The molecular weight excluding hydrogens is 303 g/mol. The second-order valence-corrected chi connectivity index (χ2v) is 5.87. The maximum atomic E-state index is 14.0. The number of rotatable bonds is 4. The molecule has 3 nitrogen and oxygen atoms in total. The Hall–Kier alpha value is -2.75. The highest BCUT2D eigenvalue weighted by atomic mass is 19.1. The number of benzene rings is 2. The average molecular weight is 322 g/mol. The molecule has 1 amide bonds. The van der Waals surface area contributed by atoms with Crippen molar-refractivity contribution < 1.29 is 9.18 Å². The molecule has 0 saturated carbocycles. The maximum Gasteiger partial charge on any atom is 0.227 e. The van der Waals surface area contributed by atoms with Gasteiger partial charge >= 0.3 is 0 Å². The van der Waals surface area contributed by atoms with E-state index in [1.807, 2.05) is 37.3 Å². The minimum Gasteiger partial charge on any atom is -0.339 e. The van der Waals surface area contributed by atoms with Crippen LogP contribution in [0.1, 0.15) is 24.1 Å². The van der Waals surface area contributed by atoms with Crippen molar-refractivity contribution in [3.8, 4) is 0 Å². The normalized spacial score (nSPS) is 12.1. The molecule has 0 spiro atoms. The molecule has 4 heteroatoms. The number of hydrogen-bond donors (Lipinski definition) is 0. The van der Waals surface area contributed by atoms with Gasteiger partial charge in [0.2, 0.25) is 5.91 Å². The SMILES string of the molecule is CC(c1ccccc1F)N(C)C(=O)Cc1cccc2cccnc12. The molecule has 2 aromatic carbocycles. The zero-order valence-electron chi connectivity index (χ0n) is 13.7. The molecule has 0 saturated heterocycles. The number of carbonyl (C=O) groups excluding carboxylic acids is 1. The topological polar surface area (TPSA) is 33.2 Å². The van der Waals surface area contributed by atoms with Gasteiger partial charge in [0.15, 0.2) is 0 Å². The van der Waals surface area contributed by atoms with E-state index in [0.29, 0.717) is 5.56 Å². The van der Waals surface area contributed by atoms with Crippen LogP contribution in [0.15, 0.2) is 60.8 Å². The summed E-state index contributed by atoms with van der Waals surface area (Å²) in [5.41, 5.74) is 2.23. The lowest BCUT2D eigenvalue weighted by molar-refractivity contribution is -0.131. The number of carbonyl (C=O) groups is 1. The van der Waals surface area contributed by atoms with E-state index in [9.17, 15) is 9.18 Å². The van der Waals surface area contributed by atoms with Crippen LogP contribution >= 0.6 is 0 Å². The lowest BCUT2D eigenvalue weighted by Gasteiger charge is -2.26. The molecule has 0 aliphatic carbocycles. The first-order valence-corrected chi connectivity index (χ1v) is 7.90. The van der Waals surface area contributed by atoms with Gasteiger partial charge in [-0.25, -0.2) is 4.39 Å². The molecule has 24 heavy (non-hydrogen) atoms. The molecular formula is C20H19FN2O. The van der Waals surface area contributed by atoms with Gasteiger partial charge < -0.3 is 4.90 Å². The van der Waals surface area contributed by atoms with Crippen molar-refractivity contribution in [3.05, 3.63) is 77.7 Å². The highest BCUT2D eigenvalue weighted by Crippen LogP contribution is 2.23. The van der Waals surface area contributed by atoms with Crippen LogP contribution in [-0.4, -0.2) is 22.8 Å². The number of likely N-dealkylation sites (N-methyl/N-ethyl adjacent to an activating group) is 1. The number of amides is 1. The van der Waals surface area contributed by atoms with Gasteiger partial charge in [0.25, 0.3) is 0 Å². The summed E-state index contributed by atoms with van der Waals surface area (Å²) in [7, 11) is 1.71. The molecule has 1 aromatic heterocycles. The maximum absolute atomic E-state index is 14.0. The summed E-state index contributed by atoms with van der Waals surface area (Å²) in [4.78, 5) is 18.6. The van der Waals surface area contributed by atoms with Crippen molar-refractivity contribution >= 4 is 16.8 Å². The molecule has 1 heterocycles. The summed E-state index contributed by atoms with van der Waals surface area (Å²) in [6.07, 6.45) is 1.96. The summed E-state index contributed by atoms with van der Waals surface area (Å²) in [6, 6.07) is 15.9. The van der Waals surface area contributed by atoms with E-state index in [2.05, 4.69) is 4.98 Å². The van der Waals surface area contributed by atoms with Gasteiger partial charge in [-0.2, -0.15) is 0 Å². The second kappa shape index (κ2) is 6.79. The van der Waals surface area contributed by atoms with Crippen molar-refractivity contribution in [1.82, 2.24) is 9.88 Å². The lowest BCUT2D eigenvalue weighted by Crippen LogP contribution is -2.31. The molecule has 122 valence electrons. The molecule has 3 aromatic rings. The third kappa shape index (κ3) is 3.13. The van der Waals surface area contributed by atoms with E-state index in [1.54, 1.807) is 36.3 Å². The van der Waals surface area contributed by atoms with Crippen LogP contribution < -0.4 is 0 Å². The highest BCUT2D eigenvalue weighted by molar-refractivity contribution is 5.87. The smallest absolute Gasteiger partial charge is 0.227 e. The van der Waals surface area contributed by atoms with Crippen LogP contribution in [0.2, 0.25) is 0 Å². The van der Waals surface area contributed by atoms with Gasteiger partial charge in [-0.15, -0.1) is 0 Å². The zero-order valence-corrected chi connectivity index (χ0v) is 13.7. The van der Waals surface area contributed by atoms with Gasteiger partial charge in [-0.3, -0.25) is 9.78 Å². The first kappa shape index (κ1) is 16.1. The molecule has 0 aliphatic heterocycles. The van der Waals surface area contributed by atoms with E-state index >= 15 is 0 Å². The second-order valence-electron chi connectivity index (χ2n) is 5.87. The third-order valence-corrected chi connectivity index (χ3v) is 4.39. The Labute approximate surface area is 140 Å². The predicted molar refractivity (Wildman–Crippen MR) is 93.0 cm³/mol. The Balaban J connectivity index is 1.82. The molecule has 0 aliphatic rings. The summed E-state index contributed by atoms with van der Waals surface area (Å²) in [6.45, 7) is 1.83. The fourth-order valence-corrected chi connectivity index (χ4v) is 2.84. The monoisotopic (exact) mass is 322 g/mol. The highest BCUT2D eigenvalue weighted by Gasteiger charge is 2.20. The molecule has 1 unspecified atom stereocenters. The number of nitrogens with zero attached hydrogens (tertiary/aromatic N) is 2. The van der Waals surface area contributed by atoms with E-state index in [1.165, 1.54) is 6.07 Å². The zero-order chi connectivity index (χ0) is 17.1. The molecule has 0 fully saturated rings. The standard InChI is InChI=1S/C20H19FN2O/c1-14(17-10-3-4-11-18(17)21)23(2)19(24)13-16-8-5-7-15-9-6-12-22-20(15)16/h3-12,14H,13H2,1-2H3. The van der Waals surface area contributed by atoms with Crippen LogP contribution in [0.5, 0.6) is 0 Å². The Kier molecular flexibility index (Phi) is 4.56. The van der Waals surface area contributed by atoms with E-state index in [-0.39, 0.29) is 24.2 Å². The van der Waals surface area contributed by atoms with Gasteiger partial charge in [0.05, 0.1) is 18.0 Å². The lowest BCUT2D eigenvalue weighted by atomic mass is 10.0. The number of aromatic nitrogens is 1. The number of pyridine rings is 1. The van der Waals surface area contributed by atoms with Crippen LogP contribution in [0.25, 0.3) is 10.9 Å². The summed E-state index contributed by atoms with van der Waals surface area (Å²) in [5.74, 6) is -0.361. The van der Waals surface area contributed by atoms with E-state index in [0.717, 1.165) is 16.5 Å². The molecule has 0 N–H and O–H groups in total. The van der Waals surface area contributed by atoms with Crippen LogP contribution in [0, 0.1) is 5.82 Å². The van der Waals surface area contributed by atoms with Crippen molar-refractivity contribution in [2.45, 2.75) is 19.4 Å². The van der Waals surface area contributed by atoms with Gasteiger partial charge in [-0.1, -0.05) is 42.5 Å². The Morgan fingerprint density at radius 3 is 2.67 bits per heavy atom. The fraction of sp³-hybridized carbons (Fsp3) is 0.200. The summed E-state index contributed by atoms with van der Waals surface area (Å²) >= 11 is 0. The first-order chi connectivity index (χ1) is 11.6. The predicted octanol–water partition coefficient (Wildman–Crippen LogP) is 4.14. The Morgan fingerprint density at radius 1 is 1.12 bits per heavy atom. The van der Waals surface area contributed by atoms with Crippen LogP contribution in [-0.2, 0) is 11.2 Å². The van der Waals surface area contributed by atoms with Crippen LogP contribution in [0.4, 0.5) is 4.39 Å². The number of halogens is 1. The summed E-state index contributed by atoms with van der Waals surface area (Å²) in [5, 5.41) is 1.01. The molecule has 0 radical (unpaired) electrons. The molecule has 3 rings (SSSR count). The molecule has 0 bridgehead atoms. The Bertz CT molecular complexity index is 873. The minimum atomic E-state index is -0.332. The number of hydrogen-bond acceptors (Lipinski definition) is 2. The van der Waals surface area contributed by atoms with Gasteiger partial charge in [0.1, 0.15) is 5.82 Å². The average Bonchev–Trinajstić information content (AvgIpc) is 2.61. The van der Waals surface area contributed by atoms with Crippen molar-refractivity contribution in [2.75, 3.05) is 7.05 Å². The minimum absolute atomic E-state index is 0.0658. The van der Waals surface area contributed by atoms with Crippen molar-refractivity contribution in [1.29, 1.82) is 0 Å². The van der Waals surface area contributed by atoms with Gasteiger partial charge in [-0.05, 0) is 24.6 Å². The van der Waals surface area contributed by atoms with Gasteiger partial charge in [0, 0.05) is 24.2 Å². The fourth-order valence-electron chi connectivity index (χ4n) is 2.84. The number of fused-ring (bicyclic) bond motifs is 1. The first-order valence-electron chi connectivity index (χ1n) is 7.90. The quantitative estimate of drug-likeness (QED) is 0.723. The third-order valence-electron chi connectivity index (χ3n) is 4.39. The van der Waals surface area contributed by atoms with E-state index < -0.39 is 0 Å². The summed E-state index contributed by atoms with van der Waals surface area (Å²) < 4.78 is 14.0. The van der Waals surface area contributed by atoms with Crippen molar-refractivity contribution in [2.24, 2.45) is 0 Å². The van der Waals surface area contributed by atoms with E-state index in [4.69, 9.17) is 0 Å². The Morgan fingerprint density at radius 2 is 1.88 bits per heavy atom. The molecule has 1 atom stereocenters. The van der Waals surface area contributed by atoms with Crippen molar-refractivity contribution in [3.63, 3.8) is 0 Å². The van der Waals surface area contributed by atoms with Crippen LogP contribution in [0.3, 0.4) is 0 Å². The largest absolute Gasteiger partial charge is 0.339 e. The number of para-hydroxylation sites is 1.